The van der Waals surface area contributed by atoms with Gasteiger partial charge in [0, 0.05) is 10.6 Å². The van der Waals surface area contributed by atoms with E-state index in [9.17, 15) is 14.7 Å². The summed E-state index contributed by atoms with van der Waals surface area (Å²) in [6, 6.07) is 9.94. The molecule has 10 nitrogen and oxygen atoms in total. The molecule has 1 heterocycles. The predicted octanol–water partition coefficient (Wildman–Crippen LogP) is 0.883. The number of carbonyl (C=O) groups is 2. The number of tetrazole rings is 1. The maximum absolute atomic E-state index is 12.8. The molecule has 3 aromatic rings. The fourth-order valence-electron chi connectivity index (χ4n) is 2.72. The van der Waals surface area contributed by atoms with Gasteiger partial charge in [-0.15, -0.1) is 5.10 Å². The van der Waals surface area contributed by atoms with Crippen LogP contribution in [-0.2, 0) is 11.2 Å². The van der Waals surface area contributed by atoms with Crippen molar-refractivity contribution < 1.29 is 19.8 Å². The molecule has 0 aliphatic heterocycles. The maximum atomic E-state index is 12.8. The first-order chi connectivity index (χ1) is 13.9. The van der Waals surface area contributed by atoms with Crippen molar-refractivity contribution in [1.82, 2.24) is 20.2 Å². The summed E-state index contributed by atoms with van der Waals surface area (Å²) in [6.45, 7) is 0. The van der Waals surface area contributed by atoms with Gasteiger partial charge in [-0.05, 0) is 40.6 Å². The number of nitrogens with one attached hydrogen (secondary N) is 1. The fourth-order valence-corrected chi connectivity index (χ4v) is 2.89. The van der Waals surface area contributed by atoms with Crippen molar-refractivity contribution in [2.75, 3.05) is 5.32 Å². The van der Waals surface area contributed by atoms with Crippen LogP contribution in [-0.4, -0.2) is 54.4 Å². The summed E-state index contributed by atoms with van der Waals surface area (Å²) in [5.41, 5.74) is 6.95. The lowest BCUT2D eigenvalue weighted by Gasteiger charge is -2.18. The third kappa shape index (κ3) is 4.74. The van der Waals surface area contributed by atoms with Crippen molar-refractivity contribution in [1.29, 1.82) is 0 Å². The smallest absolute Gasteiger partial charge is 0.320 e. The number of hydrogen-bond donors (Lipinski definition) is 4. The summed E-state index contributed by atoms with van der Waals surface area (Å²) < 4.78 is 1.34. The third-order valence-corrected chi connectivity index (χ3v) is 4.37. The van der Waals surface area contributed by atoms with Gasteiger partial charge in [0.2, 0.25) is 5.78 Å². The summed E-state index contributed by atoms with van der Waals surface area (Å²) in [4.78, 5) is 23.9. The first kappa shape index (κ1) is 20.4. The van der Waals surface area contributed by atoms with Gasteiger partial charge in [-0.1, -0.05) is 35.9 Å². The summed E-state index contributed by atoms with van der Waals surface area (Å²) in [5, 5.41) is 33.5. The van der Waals surface area contributed by atoms with Crippen LogP contribution in [0.3, 0.4) is 0 Å². The zero-order valence-corrected chi connectivity index (χ0v) is 15.7. The lowest BCUT2D eigenvalue weighted by molar-refractivity contribution is -0.138. The van der Waals surface area contributed by atoms with Crippen LogP contribution < -0.4 is 11.1 Å². The Labute approximate surface area is 169 Å². The predicted molar refractivity (Wildman–Crippen MR) is 104 cm³/mol. The van der Waals surface area contributed by atoms with Crippen molar-refractivity contribution >= 4 is 29.0 Å². The molecule has 0 radical (unpaired) electrons. The number of nitrogens with two attached hydrogens (primary N) is 1. The fraction of sp³-hybridized carbons (Fsp3) is 0.167. The number of anilines is 1. The molecule has 2 atom stereocenters. The minimum Gasteiger partial charge on any atom is -0.480 e. The molecule has 0 aliphatic carbocycles. The summed E-state index contributed by atoms with van der Waals surface area (Å²) in [5.74, 6) is -1.84. The van der Waals surface area contributed by atoms with Crippen LogP contribution in [0, 0.1) is 0 Å². The highest BCUT2D eigenvalue weighted by molar-refractivity contribution is 6.31. The second-order valence-corrected chi connectivity index (χ2v) is 6.57. The highest BCUT2D eigenvalue weighted by atomic mass is 35.5. The molecule has 11 heteroatoms. The minimum atomic E-state index is -1.63. The standard InChI is InChI=1S/C18H17ClN6O4/c19-11-5-6-15(25-9-21-23-24-25)14(8-11)22-17(27)16(26)12-4-2-1-3-10(12)7-13(20)18(28)29/h1-6,8-9,13,17,22,27H,7,20H2,(H,28,29). The molecule has 29 heavy (non-hydrogen) atoms. The topological polar surface area (TPSA) is 156 Å². The van der Waals surface area contributed by atoms with Crippen LogP contribution in [0.15, 0.2) is 48.8 Å². The van der Waals surface area contributed by atoms with Gasteiger partial charge in [0.15, 0.2) is 6.23 Å². The maximum Gasteiger partial charge on any atom is 0.320 e. The van der Waals surface area contributed by atoms with E-state index in [1.165, 1.54) is 23.1 Å². The Bertz CT molecular complexity index is 1030. The molecule has 0 aliphatic rings. The Hall–Kier alpha value is -3.34. The van der Waals surface area contributed by atoms with Crippen LogP contribution in [0.5, 0.6) is 0 Å². The van der Waals surface area contributed by atoms with E-state index in [-0.39, 0.29) is 12.0 Å². The zero-order valence-electron chi connectivity index (χ0n) is 14.9. The Morgan fingerprint density at radius 1 is 1.24 bits per heavy atom. The average Bonchev–Trinajstić information content (AvgIpc) is 3.22. The van der Waals surface area contributed by atoms with E-state index in [2.05, 4.69) is 20.8 Å². The third-order valence-electron chi connectivity index (χ3n) is 4.13. The second-order valence-electron chi connectivity index (χ2n) is 6.13. The Morgan fingerprint density at radius 3 is 2.69 bits per heavy atom. The average molecular weight is 417 g/mol. The molecule has 0 spiro atoms. The number of aliphatic hydroxyl groups is 1. The van der Waals surface area contributed by atoms with Gasteiger partial charge >= 0.3 is 5.97 Å². The highest BCUT2D eigenvalue weighted by Gasteiger charge is 2.23. The van der Waals surface area contributed by atoms with Gasteiger partial charge in [0.05, 0.1) is 11.4 Å². The number of aliphatic carboxylic acids is 1. The first-order valence-electron chi connectivity index (χ1n) is 8.45. The molecule has 5 N–H and O–H groups in total. The number of carboxylic acid groups (broad SMARTS) is 1. The van der Waals surface area contributed by atoms with Crippen molar-refractivity contribution in [2.45, 2.75) is 18.7 Å². The van der Waals surface area contributed by atoms with E-state index in [0.29, 0.717) is 22.0 Å². The van der Waals surface area contributed by atoms with Gasteiger partial charge in [-0.3, -0.25) is 9.59 Å². The number of aromatic nitrogens is 4. The van der Waals surface area contributed by atoms with E-state index >= 15 is 0 Å². The molecule has 0 bridgehead atoms. The normalized spacial score (nSPS) is 12.9. The number of carbonyl (C=O) groups excluding carboxylic acids is 1. The van der Waals surface area contributed by atoms with Crippen LogP contribution in [0.4, 0.5) is 5.69 Å². The molecule has 1 aromatic heterocycles. The summed E-state index contributed by atoms with van der Waals surface area (Å²) in [6.07, 6.45) is -0.340. The number of aliphatic hydroxyl groups excluding tert-OH is 1. The Morgan fingerprint density at radius 2 is 2.00 bits per heavy atom. The zero-order chi connectivity index (χ0) is 21.0. The van der Waals surface area contributed by atoms with Crippen molar-refractivity contribution in [2.24, 2.45) is 5.73 Å². The molecule has 3 rings (SSSR count). The van der Waals surface area contributed by atoms with Gasteiger partial charge in [0.1, 0.15) is 12.4 Å². The van der Waals surface area contributed by atoms with Crippen molar-refractivity contribution in [3.05, 3.63) is 64.9 Å². The van der Waals surface area contributed by atoms with E-state index in [1.54, 1.807) is 30.3 Å². The SMILES string of the molecule is NC(Cc1ccccc1C(=O)C(O)Nc1cc(Cl)ccc1-n1cnnn1)C(=O)O. The van der Waals surface area contributed by atoms with Crippen molar-refractivity contribution in [3.63, 3.8) is 0 Å². The van der Waals surface area contributed by atoms with E-state index < -0.39 is 24.0 Å². The molecular weight excluding hydrogens is 400 g/mol. The largest absolute Gasteiger partial charge is 0.480 e. The molecule has 0 saturated carbocycles. The highest BCUT2D eigenvalue weighted by Crippen LogP contribution is 2.25. The van der Waals surface area contributed by atoms with Gasteiger partial charge < -0.3 is 21.3 Å². The van der Waals surface area contributed by atoms with Crippen LogP contribution in [0.1, 0.15) is 15.9 Å². The number of rotatable bonds is 8. The van der Waals surface area contributed by atoms with E-state index in [0.717, 1.165) is 0 Å². The Balaban J connectivity index is 1.86. The summed E-state index contributed by atoms with van der Waals surface area (Å²) >= 11 is 6.03. The number of ketones is 1. The molecule has 0 fully saturated rings. The minimum absolute atomic E-state index is 0.0585. The molecule has 0 amide bonds. The second kappa shape index (κ2) is 8.78. The number of halogens is 1. The van der Waals surface area contributed by atoms with Crippen LogP contribution in [0.2, 0.25) is 5.02 Å². The monoisotopic (exact) mass is 416 g/mol. The molecule has 2 aromatic carbocycles. The van der Waals surface area contributed by atoms with Crippen LogP contribution >= 0.6 is 11.6 Å². The van der Waals surface area contributed by atoms with E-state index in [4.69, 9.17) is 22.4 Å². The number of carboxylic acids is 1. The first-order valence-corrected chi connectivity index (χ1v) is 8.82. The molecular formula is C18H17ClN6O4. The van der Waals surface area contributed by atoms with Crippen LogP contribution in [0.25, 0.3) is 5.69 Å². The number of benzene rings is 2. The molecule has 150 valence electrons. The van der Waals surface area contributed by atoms with E-state index in [1.807, 2.05) is 0 Å². The lowest BCUT2D eigenvalue weighted by atomic mass is 9.97. The van der Waals surface area contributed by atoms with Crippen molar-refractivity contribution in [3.8, 4) is 5.69 Å². The van der Waals surface area contributed by atoms with Gasteiger partial charge in [-0.2, -0.15) is 4.68 Å². The van der Waals surface area contributed by atoms with Gasteiger partial charge in [0.25, 0.3) is 0 Å². The Kier molecular flexibility index (Phi) is 6.17. The number of hydrogen-bond acceptors (Lipinski definition) is 8. The number of nitrogens with zero attached hydrogens (tertiary/aromatic N) is 4. The van der Waals surface area contributed by atoms with Gasteiger partial charge in [-0.25, -0.2) is 0 Å². The molecule has 2 unspecified atom stereocenters. The molecule has 0 saturated heterocycles. The summed E-state index contributed by atoms with van der Waals surface area (Å²) in [7, 11) is 0. The lowest BCUT2D eigenvalue weighted by Crippen LogP contribution is -2.34. The quantitative estimate of drug-likeness (QED) is 0.309. The number of Topliss-reactive ketones (excluding diaryl/α,β-unsaturated/α-hetero) is 1.